The topological polar surface area (TPSA) is 150 Å². The van der Waals surface area contributed by atoms with E-state index in [1.807, 2.05) is 86.3 Å². The van der Waals surface area contributed by atoms with E-state index in [1.54, 1.807) is 11.8 Å². The van der Waals surface area contributed by atoms with Gasteiger partial charge in [0.1, 0.15) is 23.7 Å². The predicted molar refractivity (Wildman–Crippen MR) is 191 cm³/mol. The fourth-order valence-corrected chi connectivity index (χ4v) is 6.98. The normalized spacial score (nSPS) is 23.7. The molecule has 51 heavy (non-hydrogen) atoms. The summed E-state index contributed by atoms with van der Waals surface area (Å²) in [6.45, 7) is 10.4. The zero-order valence-corrected chi connectivity index (χ0v) is 30.3. The van der Waals surface area contributed by atoms with Crippen LogP contribution in [0.25, 0.3) is 0 Å². The lowest BCUT2D eigenvalue weighted by Gasteiger charge is -2.33. The molecule has 3 aliphatic rings. The van der Waals surface area contributed by atoms with Gasteiger partial charge in [0.15, 0.2) is 5.78 Å². The number of amides is 4. The van der Waals surface area contributed by atoms with Crippen molar-refractivity contribution in [3.63, 3.8) is 0 Å². The SMILES string of the molecule is CC(C)C[C@@H](NC(=O)[C@@H](Cc1ccccc1)N1C(=O)[C@@H](NC(=O)[C@@H](CCc2ccccc2)NC(=O)CN2CCOCC2)CC1C)C(=O)[C@]1(C)CO1. The van der Waals surface area contributed by atoms with Crippen LogP contribution in [0.15, 0.2) is 60.7 Å². The molecule has 4 amide bonds. The third-order valence-electron chi connectivity index (χ3n) is 9.96. The van der Waals surface area contributed by atoms with Crippen LogP contribution in [0.5, 0.6) is 0 Å². The van der Waals surface area contributed by atoms with E-state index < -0.39 is 41.6 Å². The summed E-state index contributed by atoms with van der Waals surface area (Å²) in [5, 5.41) is 8.83. The van der Waals surface area contributed by atoms with E-state index in [9.17, 15) is 24.0 Å². The Bertz CT molecular complexity index is 1510. The lowest BCUT2D eigenvalue weighted by molar-refractivity contribution is -0.142. The number of carbonyl (C=O) groups excluding carboxylic acids is 5. The van der Waals surface area contributed by atoms with Crippen molar-refractivity contribution in [1.82, 2.24) is 25.8 Å². The lowest BCUT2D eigenvalue weighted by Crippen LogP contribution is -2.57. The van der Waals surface area contributed by atoms with Gasteiger partial charge in [0.25, 0.3) is 0 Å². The number of benzene rings is 2. The van der Waals surface area contributed by atoms with Gasteiger partial charge >= 0.3 is 0 Å². The average Bonchev–Trinajstić information content (AvgIpc) is 3.81. The third kappa shape index (κ3) is 10.5. The maximum atomic E-state index is 14.2. The number of hydrogen-bond donors (Lipinski definition) is 3. The summed E-state index contributed by atoms with van der Waals surface area (Å²) in [4.78, 5) is 72.3. The van der Waals surface area contributed by atoms with Crippen LogP contribution in [0.2, 0.25) is 0 Å². The molecule has 3 N–H and O–H groups in total. The van der Waals surface area contributed by atoms with Crippen molar-refractivity contribution in [3.05, 3.63) is 71.8 Å². The molecule has 0 saturated carbocycles. The molecule has 2 aromatic rings. The molecule has 0 radical (unpaired) electrons. The molecule has 0 bridgehead atoms. The average molecular weight is 704 g/mol. The second-order valence-electron chi connectivity index (χ2n) is 14.7. The second kappa shape index (κ2) is 17.4. The van der Waals surface area contributed by atoms with Crippen molar-refractivity contribution in [2.75, 3.05) is 39.5 Å². The maximum absolute atomic E-state index is 14.2. The Morgan fingerprint density at radius 3 is 2.14 bits per heavy atom. The van der Waals surface area contributed by atoms with Gasteiger partial charge in [-0.1, -0.05) is 74.5 Å². The summed E-state index contributed by atoms with van der Waals surface area (Å²) < 4.78 is 10.8. The zero-order valence-electron chi connectivity index (χ0n) is 30.3. The van der Waals surface area contributed by atoms with E-state index in [4.69, 9.17) is 9.47 Å². The van der Waals surface area contributed by atoms with Gasteiger partial charge in [-0.2, -0.15) is 0 Å². The van der Waals surface area contributed by atoms with Gasteiger partial charge in [-0.3, -0.25) is 28.9 Å². The predicted octanol–water partition coefficient (Wildman–Crippen LogP) is 2.04. The first kappa shape index (κ1) is 38.1. The molecule has 1 unspecified atom stereocenters. The fourth-order valence-electron chi connectivity index (χ4n) is 6.98. The third-order valence-corrected chi connectivity index (χ3v) is 9.96. The van der Waals surface area contributed by atoms with Gasteiger partial charge in [0, 0.05) is 25.6 Å². The van der Waals surface area contributed by atoms with E-state index >= 15 is 0 Å². The number of nitrogens with zero attached hydrogens (tertiary/aromatic N) is 2. The number of aryl methyl sites for hydroxylation is 1. The van der Waals surface area contributed by atoms with Crippen LogP contribution in [0.1, 0.15) is 58.1 Å². The second-order valence-corrected chi connectivity index (χ2v) is 14.7. The van der Waals surface area contributed by atoms with Crippen molar-refractivity contribution >= 4 is 29.4 Å². The highest BCUT2D eigenvalue weighted by atomic mass is 16.6. The quantitative estimate of drug-likeness (QED) is 0.212. The standard InChI is InChI=1S/C39H53N5O7/c1-26(2)21-31(35(46)39(4)25-51-39)41-37(48)33(23-29-13-9-6-10-14-29)44-27(3)22-32(38(44)49)42-36(47)30(16-15-28-11-7-5-8-12-28)40-34(45)24-43-17-19-50-20-18-43/h5-14,26-27,30-33H,15-25H2,1-4H3,(H,40,45)(H,41,48)(H,42,47)/t27?,30-,31-,32+,33-,39+/m1/s1. The van der Waals surface area contributed by atoms with Crippen LogP contribution in [-0.4, -0.2) is 114 Å². The Hall–Kier alpha value is -4.13. The minimum Gasteiger partial charge on any atom is -0.379 e. The van der Waals surface area contributed by atoms with E-state index in [2.05, 4.69) is 16.0 Å². The van der Waals surface area contributed by atoms with Gasteiger partial charge in [-0.05, 0) is 56.6 Å². The monoisotopic (exact) mass is 703 g/mol. The van der Waals surface area contributed by atoms with Gasteiger partial charge < -0.3 is 30.3 Å². The number of morpholine rings is 1. The molecule has 5 rings (SSSR count). The Balaban J connectivity index is 1.31. The van der Waals surface area contributed by atoms with Crippen molar-refractivity contribution in [2.45, 2.75) is 95.6 Å². The first-order chi connectivity index (χ1) is 24.4. The first-order valence-electron chi connectivity index (χ1n) is 18.2. The highest BCUT2D eigenvalue weighted by Gasteiger charge is 2.51. The van der Waals surface area contributed by atoms with Crippen LogP contribution >= 0.6 is 0 Å². The highest BCUT2D eigenvalue weighted by Crippen LogP contribution is 2.30. The molecule has 12 nitrogen and oxygen atoms in total. The summed E-state index contributed by atoms with van der Waals surface area (Å²) in [6, 6.07) is 15.3. The fraction of sp³-hybridized carbons (Fsp3) is 0.564. The summed E-state index contributed by atoms with van der Waals surface area (Å²) in [6.07, 6.45) is 1.86. The number of ketones is 1. The van der Waals surface area contributed by atoms with Crippen molar-refractivity contribution in [3.8, 4) is 0 Å². The van der Waals surface area contributed by atoms with Gasteiger partial charge in [0.2, 0.25) is 23.6 Å². The Morgan fingerprint density at radius 2 is 1.53 bits per heavy atom. The minimum absolute atomic E-state index is 0.130. The van der Waals surface area contributed by atoms with Gasteiger partial charge in [-0.15, -0.1) is 0 Å². The molecule has 6 atom stereocenters. The van der Waals surface area contributed by atoms with E-state index in [-0.39, 0.29) is 48.9 Å². The van der Waals surface area contributed by atoms with Crippen molar-refractivity contribution in [1.29, 1.82) is 0 Å². The van der Waals surface area contributed by atoms with E-state index in [0.717, 1.165) is 11.1 Å². The molecule has 0 aromatic heterocycles. The maximum Gasteiger partial charge on any atom is 0.246 e. The van der Waals surface area contributed by atoms with Crippen LogP contribution in [0.4, 0.5) is 0 Å². The van der Waals surface area contributed by atoms with Crippen LogP contribution in [0.3, 0.4) is 0 Å². The number of ether oxygens (including phenoxy) is 2. The van der Waals surface area contributed by atoms with E-state index in [1.165, 1.54) is 0 Å². The summed E-state index contributed by atoms with van der Waals surface area (Å²) in [5.74, 6) is -1.56. The Labute approximate surface area is 301 Å². The van der Waals surface area contributed by atoms with Crippen LogP contribution in [0, 0.1) is 5.92 Å². The Kier molecular flexibility index (Phi) is 13.0. The molecule has 0 spiro atoms. The molecular formula is C39H53N5O7. The van der Waals surface area contributed by atoms with Crippen LogP contribution in [-0.2, 0) is 46.3 Å². The smallest absolute Gasteiger partial charge is 0.246 e. The number of Topliss-reactive ketones (excluding diaryl/α,β-unsaturated/α-hetero) is 1. The summed E-state index contributed by atoms with van der Waals surface area (Å²) >= 11 is 0. The molecule has 3 fully saturated rings. The number of hydrogen-bond acceptors (Lipinski definition) is 8. The number of rotatable bonds is 17. The van der Waals surface area contributed by atoms with Crippen molar-refractivity contribution < 1.29 is 33.4 Å². The highest BCUT2D eigenvalue weighted by molar-refractivity contribution is 5.99. The molecule has 2 aromatic carbocycles. The molecule has 0 aliphatic carbocycles. The van der Waals surface area contributed by atoms with Crippen molar-refractivity contribution in [2.24, 2.45) is 5.92 Å². The molecule has 12 heteroatoms. The van der Waals surface area contributed by atoms with E-state index in [0.29, 0.717) is 52.2 Å². The minimum atomic E-state index is -0.922. The van der Waals surface area contributed by atoms with Crippen LogP contribution < -0.4 is 16.0 Å². The summed E-state index contributed by atoms with van der Waals surface area (Å²) in [5.41, 5.74) is 0.974. The molecular weight excluding hydrogens is 650 g/mol. The molecule has 3 aliphatic heterocycles. The molecule has 3 saturated heterocycles. The largest absolute Gasteiger partial charge is 0.379 e. The molecule has 276 valence electrons. The number of nitrogens with one attached hydrogen (secondary N) is 3. The Morgan fingerprint density at radius 1 is 0.902 bits per heavy atom. The molecule has 3 heterocycles. The number of carbonyl (C=O) groups is 5. The first-order valence-corrected chi connectivity index (χ1v) is 18.2. The zero-order chi connectivity index (χ0) is 36.5. The van der Waals surface area contributed by atoms with Gasteiger partial charge in [0.05, 0.1) is 32.4 Å². The van der Waals surface area contributed by atoms with Gasteiger partial charge in [-0.25, -0.2) is 0 Å². The lowest BCUT2D eigenvalue weighted by atomic mass is 9.92. The number of epoxide rings is 1. The number of likely N-dealkylation sites (tertiary alicyclic amines) is 1. The summed E-state index contributed by atoms with van der Waals surface area (Å²) in [7, 11) is 0.